The second-order valence-electron chi connectivity index (χ2n) is 5.78. The highest BCUT2D eigenvalue weighted by atomic mass is 16.7. The highest BCUT2D eigenvalue weighted by Crippen LogP contribution is 2.37. The zero-order chi connectivity index (χ0) is 18.1. The lowest BCUT2D eigenvalue weighted by Crippen LogP contribution is -2.42. The van der Waals surface area contributed by atoms with E-state index in [-0.39, 0.29) is 30.8 Å². The largest absolute Gasteiger partial charge is 0.462 e. The number of nitrogens with two attached hydrogens (primary N) is 1. The maximum atomic E-state index is 12.4. The van der Waals surface area contributed by atoms with Crippen LogP contribution in [-0.2, 0) is 4.74 Å². The van der Waals surface area contributed by atoms with E-state index in [1.54, 1.807) is 39.0 Å². The Kier molecular flexibility index (Phi) is 4.35. The highest BCUT2D eigenvalue weighted by Gasteiger charge is 2.26. The molecule has 0 unspecified atom stereocenters. The SMILES string of the molecule is CCOC(=O)c1cc2cc3c(cc2nc1N(C(N)=O)C(C)C)OCO3. The molecule has 132 valence electrons. The van der Waals surface area contributed by atoms with Crippen molar-refractivity contribution >= 4 is 28.7 Å². The molecule has 1 aromatic heterocycles. The normalized spacial score (nSPS) is 12.5. The Balaban J connectivity index is 2.24. The molecular formula is C17H19N3O5. The van der Waals surface area contributed by atoms with Gasteiger partial charge in [-0.05, 0) is 32.9 Å². The van der Waals surface area contributed by atoms with Gasteiger partial charge in [0.15, 0.2) is 17.3 Å². The highest BCUT2D eigenvalue weighted by molar-refractivity contribution is 6.04. The van der Waals surface area contributed by atoms with E-state index in [0.717, 1.165) is 0 Å². The molecular weight excluding hydrogens is 326 g/mol. The molecule has 0 atom stereocenters. The fourth-order valence-corrected chi connectivity index (χ4v) is 2.70. The molecule has 0 fully saturated rings. The third kappa shape index (κ3) is 3.02. The average molecular weight is 345 g/mol. The minimum atomic E-state index is -0.701. The number of nitrogens with zero attached hydrogens (tertiary/aromatic N) is 2. The molecule has 0 radical (unpaired) electrons. The third-order valence-electron chi connectivity index (χ3n) is 3.77. The Morgan fingerprint density at radius 3 is 2.56 bits per heavy atom. The summed E-state index contributed by atoms with van der Waals surface area (Å²) in [5.41, 5.74) is 6.22. The van der Waals surface area contributed by atoms with Crippen molar-refractivity contribution in [3.63, 3.8) is 0 Å². The van der Waals surface area contributed by atoms with Gasteiger partial charge in [-0.3, -0.25) is 4.90 Å². The average Bonchev–Trinajstić information content (AvgIpc) is 2.98. The first-order valence-electron chi connectivity index (χ1n) is 7.92. The number of hydrogen-bond acceptors (Lipinski definition) is 6. The summed E-state index contributed by atoms with van der Waals surface area (Å²) >= 11 is 0. The Bertz CT molecular complexity index is 850. The van der Waals surface area contributed by atoms with Crippen molar-refractivity contribution in [1.82, 2.24) is 4.98 Å². The van der Waals surface area contributed by atoms with Gasteiger partial charge in [0.1, 0.15) is 5.56 Å². The lowest BCUT2D eigenvalue weighted by Gasteiger charge is -2.25. The predicted molar refractivity (Wildman–Crippen MR) is 91.0 cm³/mol. The first-order chi connectivity index (χ1) is 11.9. The summed E-state index contributed by atoms with van der Waals surface area (Å²) in [5.74, 6) is 0.723. The van der Waals surface area contributed by atoms with Gasteiger partial charge in [-0.25, -0.2) is 14.6 Å². The number of primary amides is 1. The zero-order valence-electron chi connectivity index (χ0n) is 14.2. The van der Waals surface area contributed by atoms with Crippen molar-refractivity contribution in [3.05, 3.63) is 23.8 Å². The standard InChI is InChI=1S/C17H19N3O5/c1-4-23-16(21)11-5-10-6-13-14(25-8-24-13)7-12(10)19-15(11)20(9(2)3)17(18)22/h5-7,9H,4,8H2,1-3H3,(H2,18,22). The molecule has 8 heteroatoms. The van der Waals surface area contributed by atoms with Crippen LogP contribution < -0.4 is 20.1 Å². The van der Waals surface area contributed by atoms with Crippen molar-refractivity contribution in [3.8, 4) is 11.5 Å². The van der Waals surface area contributed by atoms with E-state index in [0.29, 0.717) is 22.4 Å². The zero-order valence-corrected chi connectivity index (χ0v) is 14.2. The summed E-state index contributed by atoms with van der Waals surface area (Å²) in [6.45, 7) is 5.60. The Morgan fingerprint density at radius 2 is 1.96 bits per heavy atom. The van der Waals surface area contributed by atoms with Crippen molar-refractivity contribution in [1.29, 1.82) is 0 Å². The van der Waals surface area contributed by atoms with Crippen LogP contribution in [0.15, 0.2) is 18.2 Å². The van der Waals surface area contributed by atoms with Crippen LogP contribution in [0.4, 0.5) is 10.6 Å². The van der Waals surface area contributed by atoms with Crippen LogP contribution >= 0.6 is 0 Å². The van der Waals surface area contributed by atoms with Crippen molar-refractivity contribution in [2.75, 3.05) is 18.3 Å². The number of anilines is 1. The number of carbonyl (C=O) groups excluding carboxylic acids is 2. The maximum absolute atomic E-state index is 12.4. The van der Waals surface area contributed by atoms with E-state index in [4.69, 9.17) is 19.9 Å². The molecule has 25 heavy (non-hydrogen) atoms. The van der Waals surface area contributed by atoms with E-state index >= 15 is 0 Å². The van der Waals surface area contributed by atoms with Crippen LogP contribution in [-0.4, -0.2) is 36.4 Å². The van der Waals surface area contributed by atoms with Gasteiger partial charge < -0.3 is 19.9 Å². The van der Waals surface area contributed by atoms with Gasteiger partial charge in [-0.15, -0.1) is 0 Å². The molecule has 8 nitrogen and oxygen atoms in total. The number of esters is 1. The second-order valence-corrected chi connectivity index (χ2v) is 5.78. The summed E-state index contributed by atoms with van der Waals surface area (Å²) in [5, 5.41) is 0.671. The van der Waals surface area contributed by atoms with Crippen LogP contribution in [0.3, 0.4) is 0 Å². The Labute approximate surface area is 144 Å². The number of aromatic nitrogens is 1. The van der Waals surface area contributed by atoms with Crippen LogP contribution in [0.5, 0.6) is 11.5 Å². The molecule has 2 heterocycles. The Hall–Kier alpha value is -3.03. The van der Waals surface area contributed by atoms with Crippen LogP contribution in [0, 0.1) is 0 Å². The summed E-state index contributed by atoms with van der Waals surface area (Å²) in [6, 6.07) is 4.07. The molecule has 1 aliphatic heterocycles. The minimum Gasteiger partial charge on any atom is -0.462 e. The number of fused-ring (bicyclic) bond motifs is 2. The van der Waals surface area contributed by atoms with Crippen LogP contribution in [0.1, 0.15) is 31.1 Å². The van der Waals surface area contributed by atoms with Crippen molar-refractivity contribution in [2.45, 2.75) is 26.8 Å². The summed E-state index contributed by atoms with van der Waals surface area (Å²) < 4.78 is 15.8. The number of urea groups is 1. The molecule has 0 bridgehead atoms. The lowest BCUT2D eigenvalue weighted by molar-refractivity contribution is 0.0527. The minimum absolute atomic E-state index is 0.128. The van der Waals surface area contributed by atoms with E-state index in [9.17, 15) is 9.59 Å². The number of benzene rings is 1. The maximum Gasteiger partial charge on any atom is 0.341 e. The van der Waals surface area contributed by atoms with Gasteiger partial charge in [0, 0.05) is 17.5 Å². The molecule has 1 aliphatic rings. The first-order valence-corrected chi connectivity index (χ1v) is 7.92. The first kappa shape index (κ1) is 16.8. The van der Waals surface area contributed by atoms with Gasteiger partial charge in [0.25, 0.3) is 0 Å². The lowest BCUT2D eigenvalue weighted by atomic mass is 10.1. The molecule has 0 saturated heterocycles. The van der Waals surface area contributed by atoms with E-state index < -0.39 is 12.0 Å². The summed E-state index contributed by atoms with van der Waals surface area (Å²) in [6.07, 6.45) is 0. The number of amides is 2. The molecule has 0 aliphatic carbocycles. The second kappa shape index (κ2) is 6.46. The van der Waals surface area contributed by atoms with Crippen molar-refractivity contribution in [2.24, 2.45) is 5.73 Å². The summed E-state index contributed by atoms with van der Waals surface area (Å²) in [7, 11) is 0. The van der Waals surface area contributed by atoms with Gasteiger partial charge in [0.05, 0.1) is 12.1 Å². The topological polar surface area (TPSA) is 104 Å². The third-order valence-corrected chi connectivity index (χ3v) is 3.77. The Morgan fingerprint density at radius 1 is 1.28 bits per heavy atom. The number of rotatable bonds is 4. The van der Waals surface area contributed by atoms with Gasteiger partial charge in [0.2, 0.25) is 6.79 Å². The quantitative estimate of drug-likeness (QED) is 0.854. The number of hydrogen-bond donors (Lipinski definition) is 1. The molecule has 2 aromatic rings. The fourth-order valence-electron chi connectivity index (χ4n) is 2.70. The molecule has 2 N–H and O–H groups in total. The molecule has 0 spiro atoms. The van der Waals surface area contributed by atoms with Crippen LogP contribution in [0.2, 0.25) is 0 Å². The molecule has 2 amide bonds. The smallest absolute Gasteiger partial charge is 0.341 e. The van der Waals surface area contributed by atoms with E-state index in [2.05, 4.69) is 4.98 Å². The van der Waals surface area contributed by atoms with Gasteiger partial charge in [-0.2, -0.15) is 0 Å². The molecule has 3 rings (SSSR count). The fraction of sp³-hybridized carbons (Fsp3) is 0.353. The van der Waals surface area contributed by atoms with Crippen LogP contribution in [0.25, 0.3) is 10.9 Å². The molecule has 0 saturated carbocycles. The summed E-state index contributed by atoms with van der Waals surface area (Å²) in [4.78, 5) is 30.1. The predicted octanol–water partition coefficient (Wildman–Crippen LogP) is 2.43. The van der Waals surface area contributed by atoms with E-state index in [1.165, 1.54) is 4.90 Å². The van der Waals surface area contributed by atoms with Gasteiger partial charge in [-0.1, -0.05) is 0 Å². The number of pyridine rings is 1. The molecule has 1 aromatic carbocycles. The number of carbonyl (C=O) groups is 2. The van der Waals surface area contributed by atoms with E-state index in [1.807, 2.05) is 0 Å². The monoisotopic (exact) mass is 345 g/mol. The van der Waals surface area contributed by atoms with Crippen molar-refractivity contribution < 1.29 is 23.8 Å². The van der Waals surface area contributed by atoms with Gasteiger partial charge >= 0.3 is 12.0 Å². The number of ether oxygens (including phenoxy) is 3.